The number of rotatable bonds is 3. The zero-order valence-electron chi connectivity index (χ0n) is 11.7. The molecule has 2 aromatic carbocycles. The first-order valence-electron chi connectivity index (χ1n) is 6.40. The van der Waals surface area contributed by atoms with Crippen LogP contribution in [-0.4, -0.2) is 5.78 Å². The van der Waals surface area contributed by atoms with Crippen LogP contribution < -0.4 is 0 Å². The number of aryl methyl sites for hydroxylation is 2. The molecule has 0 N–H and O–H groups in total. The lowest BCUT2D eigenvalue weighted by Gasteiger charge is -2.11. The van der Waals surface area contributed by atoms with Crippen molar-refractivity contribution in [2.75, 3.05) is 0 Å². The molecule has 2 rings (SSSR count). The monoisotopic (exact) mass is 345 g/mol. The van der Waals surface area contributed by atoms with E-state index in [-0.39, 0.29) is 10.3 Å². The highest BCUT2D eigenvalue weighted by molar-refractivity contribution is 9.10. The molecule has 0 fully saturated rings. The molecule has 0 aromatic heterocycles. The van der Waals surface area contributed by atoms with E-state index in [1.54, 1.807) is 6.07 Å². The highest BCUT2D eigenvalue weighted by Gasteiger charge is 2.22. The number of nitrogens with zero attached hydrogens (tertiary/aromatic N) is 1. The van der Waals surface area contributed by atoms with Crippen molar-refractivity contribution in [3.63, 3.8) is 0 Å². The third-order valence-electron chi connectivity index (χ3n) is 3.46. The first kappa shape index (κ1) is 15.4. The van der Waals surface area contributed by atoms with Crippen molar-refractivity contribution in [3.8, 4) is 6.07 Å². The van der Waals surface area contributed by atoms with Crippen LogP contribution >= 0.6 is 15.9 Å². The van der Waals surface area contributed by atoms with Crippen molar-refractivity contribution in [1.29, 1.82) is 5.26 Å². The smallest absolute Gasteiger partial charge is 0.184 e. The first-order valence-corrected chi connectivity index (χ1v) is 7.19. The lowest BCUT2D eigenvalue weighted by molar-refractivity contribution is 0.0978. The number of carbonyl (C=O) groups excluding carboxylic acids is 1. The van der Waals surface area contributed by atoms with Gasteiger partial charge in [-0.2, -0.15) is 5.26 Å². The van der Waals surface area contributed by atoms with E-state index >= 15 is 0 Å². The van der Waals surface area contributed by atoms with Crippen LogP contribution in [0.25, 0.3) is 0 Å². The topological polar surface area (TPSA) is 40.9 Å². The Morgan fingerprint density at radius 2 is 1.90 bits per heavy atom. The average molecular weight is 346 g/mol. The molecule has 0 saturated heterocycles. The van der Waals surface area contributed by atoms with Gasteiger partial charge >= 0.3 is 0 Å². The number of halogens is 2. The molecule has 0 saturated carbocycles. The maximum atomic E-state index is 13.2. The van der Waals surface area contributed by atoms with Crippen LogP contribution in [0.4, 0.5) is 4.39 Å². The van der Waals surface area contributed by atoms with Crippen LogP contribution in [0.3, 0.4) is 0 Å². The summed E-state index contributed by atoms with van der Waals surface area (Å²) in [6, 6.07) is 11.6. The van der Waals surface area contributed by atoms with Crippen molar-refractivity contribution in [2.45, 2.75) is 19.8 Å². The molecule has 0 aliphatic carbocycles. The lowest BCUT2D eigenvalue weighted by atomic mass is 9.90. The van der Waals surface area contributed by atoms with E-state index in [2.05, 4.69) is 15.9 Å². The fraction of sp³-hybridized carbons (Fsp3) is 0.176. The number of hydrogen-bond donors (Lipinski definition) is 0. The van der Waals surface area contributed by atoms with E-state index in [0.717, 1.165) is 11.1 Å². The standard InChI is InChI=1S/C17H13BrFNO/c1-10-3-4-12(7-11(10)2)14(9-20)17(21)13-5-6-16(19)15(18)8-13/h3-8,14H,1-2H3. The van der Waals surface area contributed by atoms with Crippen LogP contribution in [-0.2, 0) is 0 Å². The number of benzene rings is 2. The summed E-state index contributed by atoms with van der Waals surface area (Å²) in [5.74, 6) is -1.66. The van der Waals surface area contributed by atoms with Gasteiger partial charge in [0.25, 0.3) is 0 Å². The second-order valence-electron chi connectivity index (χ2n) is 4.90. The molecule has 0 bridgehead atoms. The summed E-state index contributed by atoms with van der Waals surface area (Å²) < 4.78 is 13.5. The van der Waals surface area contributed by atoms with Gasteiger partial charge in [0, 0.05) is 5.56 Å². The molecule has 0 amide bonds. The third-order valence-corrected chi connectivity index (χ3v) is 4.07. The highest BCUT2D eigenvalue weighted by Crippen LogP contribution is 2.25. The molecular weight excluding hydrogens is 333 g/mol. The first-order chi connectivity index (χ1) is 9.93. The van der Waals surface area contributed by atoms with Gasteiger partial charge < -0.3 is 0 Å². The van der Waals surface area contributed by atoms with Crippen molar-refractivity contribution < 1.29 is 9.18 Å². The predicted molar refractivity (Wildman–Crippen MR) is 82.7 cm³/mol. The minimum Gasteiger partial charge on any atom is -0.292 e. The van der Waals surface area contributed by atoms with Gasteiger partial charge in [-0.15, -0.1) is 0 Å². The van der Waals surface area contributed by atoms with Crippen LogP contribution in [0.5, 0.6) is 0 Å². The van der Waals surface area contributed by atoms with Crippen molar-refractivity contribution in [1.82, 2.24) is 0 Å². The zero-order chi connectivity index (χ0) is 15.6. The summed E-state index contributed by atoms with van der Waals surface area (Å²) in [4.78, 5) is 12.5. The Morgan fingerprint density at radius 3 is 2.48 bits per heavy atom. The molecule has 2 nitrogen and oxygen atoms in total. The van der Waals surface area contributed by atoms with Crippen LogP contribution in [0.15, 0.2) is 40.9 Å². The number of nitriles is 1. The van der Waals surface area contributed by atoms with E-state index in [1.165, 1.54) is 18.2 Å². The molecule has 0 radical (unpaired) electrons. The fourth-order valence-electron chi connectivity index (χ4n) is 2.04. The maximum absolute atomic E-state index is 13.2. The Kier molecular flexibility index (Phi) is 4.54. The van der Waals surface area contributed by atoms with E-state index in [0.29, 0.717) is 11.1 Å². The molecule has 0 heterocycles. The van der Waals surface area contributed by atoms with E-state index in [9.17, 15) is 14.4 Å². The Hall–Kier alpha value is -1.99. The van der Waals surface area contributed by atoms with Crippen LogP contribution in [0.2, 0.25) is 0 Å². The van der Waals surface area contributed by atoms with Gasteiger partial charge in [0.2, 0.25) is 0 Å². The molecule has 0 spiro atoms. The summed E-state index contributed by atoms with van der Waals surface area (Å²) >= 11 is 3.05. The van der Waals surface area contributed by atoms with Gasteiger partial charge in [-0.05, 0) is 64.7 Å². The van der Waals surface area contributed by atoms with Gasteiger partial charge in [0.15, 0.2) is 5.78 Å². The summed E-state index contributed by atoms with van der Waals surface area (Å²) in [5, 5.41) is 9.34. The molecule has 2 aromatic rings. The lowest BCUT2D eigenvalue weighted by Crippen LogP contribution is -2.12. The number of carbonyl (C=O) groups is 1. The van der Waals surface area contributed by atoms with Crippen molar-refractivity contribution >= 4 is 21.7 Å². The van der Waals surface area contributed by atoms with Crippen LogP contribution in [0, 0.1) is 31.0 Å². The van der Waals surface area contributed by atoms with Crippen LogP contribution in [0.1, 0.15) is 33.0 Å². The molecule has 4 heteroatoms. The third kappa shape index (κ3) is 3.20. The van der Waals surface area contributed by atoms with Gasteiger partial charge in [-0.3, -0.25) is 4.79 Å². The van der Waals surface area contributed by atoms with Gasteiger partial charge in [-0.1, -0.05) is 18.2 Å². The fourth-order valence-corrected chi connectivity index (χ4v) is 2.42. The molecular formula is C17H13BrFNO. The van der Waals surface area contributed by atoms with E-state index < -0.39 is 11.7 Å². The summed E-state index contributed by atoms with van der Waals surface area (Å²) in [5.41, 5.74) is 3.10. The van der Waals surface area contributed by atoms with E-state index in [4.69, 9.17) is 0 Å². The molecule has 106 valence electrons. The van der Waals surface area contributed by atoms with Gasteiger partial charge in [0.05, 0.1) is 10.5 Å². The van der Waals surface area contributed by atoms with Gasteiger partial charge in [0.1, 0.15) is 11.7 Å². The minimum atomic E-state index is -0.887. The van der Waals surface area contributed by atoms with Crippen molar-refractivity contribution in [3.05, 3.63) is 68.9 Å². The summed E-state index contributed by atoms with van der Waals surface area (Å²) in [7, 11) is 0. The second-order valence-corrected chi connectivity index (χ2v) is 5.75. The quantitative estimate of drug-likeness (QED) is 0.756. The second kappa shape index (κ2) is 6.19. The molecule has 1 atom stereocenters. The molecule has 1 unspecified atom stereocenters. The maximum Gasteiger partial charge on any atom is 0.184 e. The van der Waals surface area contributed by atoms with Crippen molar-refractivity contribution in [2.24, 2.45) is 0 Å². The Balaban J connectivity index is 2.41. The average Bonchev–Trinajstić information content (AvgIpc) is 2.46. The molecule has 0 aliphatic rings. The normalized spacial score (nSPS) is 11.8. The minimum absolute atomic E-state index is 0.213. The number of hydrogen-bond acceptors (Lipinski definition) is 2. The summed E-state index contributed by atoms with van der Waals surface area (Å²) in [6.45, 7) is 3.91. The Labute approximate surface area is 131 Å². The largest absolute Gasteiger partial charge is 0.292 e. The summed E-state index contributed by atoms with van der Waals surface area (Å²) in [6.07, 6.45) is 0. The van der Waals surface area contributed by atoms with E-state index in [1.807, 2.05) is 32.0 Å². The predicted octanol–water partition coefficient (Wildman–Crippen LogP) is 4.70. The number of Topliss-reactive ketones (excluding diaryl/α,β-unsaturated/α-hetero) is 1. The Bertz CT molecular complexity index is 749. The highest BCUT2D eigenvalue weighted by atomic mass is 79.9. The number of ketones is 1. The Morgan fingerprint density at radius 1 is 1.19 bits per heavy atom. The zero-order valence-corrected chi connectivity index (χ0v) is 13.2. The molecule has 21 heavy (non-hydrogen) atoms. The SMILES string of the molecule is Cc1ccc(C(C#N)C(=O)c2ccc(F)c(Br)c2)cc1C. The molecule has 0 aliphatic heterocycles. The van der Waals surface area contributed by atoms with Gasteiger partial charge in [-0.25, -0.2) is 4.39 Å².